The highest BCUT2D eigenvalue weighted by Crippen LogP contribution is 2.45. The van der Waals surface area contributed by atoms with Crippen LogP contribution in [0.1, 0.15) is 17.8 Å². The van der Waals surface area contributed by atoms with Crippen LogP contribution in [0.15, 0.2) is 174 Å². The summed E-state index contributed by atoms with van der Waals surface area (Å²) in [5, 5.41) is 1.03. The van der Waals surface area contributed by atoms with Crippen molar-refractivity contribution in [2.75, 3.05) is 0 Å². The molecule has 8 aromatic carbocycles. The van der Waals surface area contributed by atoms with E-state index in [1.54, 1.807) is 12.1 Å². The van der Waals surface area contributed by atoms with Crippen molar-refractivity contribution < 1.29 is 22.2 Å². The fourth-order valence-electron chi connectivity index (χ4n) is 6.29. The predicted octanol–water partition coefficient (Wildman–Crippen LogP) is 12.6. The third-order valence-electron chi connectivity index (χ3n) is 8.22. The molecule has 0 radical (unpaired) electrons. The minimum atomic E-state index is -0.713. The topological polar surface area (TPSA) is 13.1 Å². The lowest BCUT2D eigenvalue weighted by atomic mass is 9.85. The SMILES string of the molecule is [2H]c1c([2H])c([2H])c(-c2c3c([2H])c([2H])c([2H])c([2H])c3c(-c3ccc(-c4cccc5oc6c(-c7ccccc7)cccc6c45)cc3)c3c([2H])c([2H])c([2H])c([2H])c23)c([2H])c1[2H]. The Kier molecular flexibility index (Phi) is 3.62. The van der Waals surface area contributed by atoms with E-state index in [9.17, 15) is 2.74 Å². The van der Waals surface area contributed by atoms with Gasteiger partial charge in [0.05, 0.1) is 17.8 Å². The Morgan fingerprint density at radius 3 is 1.58 bits per heavy atom. The van der Waals surface area contributed by atoms with Crippen LogP contribution in [0.5, 0.6) is 0 Å². The lowest BCUT2D eigenvalue weighted by Gasteiger charge is -2.18. The maximum atomic E-state index is 9.21. The molecule has 9 rings (SSSR count). The predicted molar refractivity (Wildman–Crippen MR) is 190 cm³/mol. The van der Waals surface area contributed by atoms with Crippen LogP contribution >= 0.6 is 0 Å². The van der Waals surface area contributed by atoms with Gasteiger partial charge in [-0.15, -0.1) is 0 Å². The fraction of sp³-hybridized carbons (Fsp3) is 0. The van der Waals surface area contributed by atoms with E-state index in [1.165, 1.54) is 0 Å². The van der Waals surface area contributed by atoms with Crippen molar-refractivity contribution in [2.24, 2.45) is 0 Å². The molecule has 0 aliphatic carbocycles. The number of para-hydroxylation sites is 1. The first-order chi connectivity index (χ1) is 27.7. The van der Waals surface area contributed by atoms with Crippen molar-refractivity contribution in [3.8, 4) is 44.5 Å². The van der Waals surface area contributed by atoms with Gasteiger partial charge >= 0.3 is 0 Å². The fourth-order valence-corrected chi connectivity index (χ4v) is 6.29. The molecule has 0 saturated carbocycles. The summed E-state index contributed by atoms with van der Waals surface area (Å²) in [5.41, 5.74) is 4.65. The van der Waals surface area contributed by atoms with Crippen LogP contribution in [0.3, 0.4) is 0 Å². The Labute approximate surface area is 279 Å². The molecule has 1 nitrogen and oxygen atoms in total. The minimum absolute atomic E-state index is 0.0751. The zero-order valence-corrected chi connectivity index (χ0v) is 23.6. The summed E-state index contributed by atoms with van der Waals surface area (Å²) in [7, 11) is 0. The number of hydrogen-bond donors (Lipinski definition) is 0. The summed E-state index contributed by atoms with van der Waals surface area (Å²) in [4.78, 5) is 0. The smallest absolute Gasteiger partial charge is 0.143 e. The monoisotopic (exact) mass is 585 g/mol. The Morgan fingerprint density at radius 2 is 0.911 bits per heavy atom. The van der Waals surface area contributed by atoms with Crippen LogP contribution in [-0.2, 0) is 0 Å². The van der Waals surface area contributed by atoms with Gasteiger partial charge in [0.1, 0.15) is 11.2 Å². The summed E-state index contributed by atoms with van der Waals surface area (Å²) in [6, 6.07) is 20.4. The number of fused-ring (bicyclic) bond motifs is 5. The summed E-state index contributed by atoms with van der Waals surface area (Å²) in [6.45, 7) is 0. The molecule has 0 saturated heterocycles. The Balaban J connectivity index is 1.38. The van der Waals surface area contributed by atoms with E-state index in [0.717, 1.165) is 38.6 Å². The molecule has 210 valence electrons. The molecule has 1 heteroatoms. The average Bonchev–Trinajstić information content (AvgIpc) is 3.64. The van der Waals surface area contributed by atoms with E-state index >= 15 is 0 Å². The molecule has 1 aromatic heterocycles. The van der Waals surface area contributed by atoms with Gasteiger partial charge in [0.15, 0.2) is 0 Å². The zero-order chi connectivity index (χ0) is 41.1. The average molecular weight is 586 g/mol. The molecule has 0 fully saturated rings. The molecule has 1 heterocycles. The van der Waals surface area contributed by atoms with Crippen molar-refractivity contribution in [1.29, 1.82) is 0 Å². The molecule has 0 aliphatic heterocycles. The second-order valence-corrected chi connectivity index (χ2v) is 10.7. The van der Waals surface area contributed by atoms with Crippen LogP contribution in [0.2, 0.25) is 0 Å². The number of rotatable bonds is 4. The van der Waals surface area contributed by atoms with Crippen LogP contribution < -0.4 is 0 Å². The second-order valence-electron chi connectivity index (χ2n) is 10.7. The van der Waals surface area contributed by atoms with Gasteiger partial charge < -0.3 is 4.42 Å². The van der Waals surface area contributed by atoms with Gasteiger partial charge in [-0.05, 0) is 66.6 Å². The molecule has 0 spiro atoms. The van der Waals surface area contributed by atoms with Crippen molar-refractivity contribution in [3.05, 3.63) is 170 Å². The number of furan rings is 1. The summed E-state index contributed by atoms with van der Waals surface area (Å²) in [6.07, 6.45) is 0. The lowest BCUT2D eigenvalue weighted by molar-refractivity contribution is 0.670. The van der Waals surface area contributed by atoms with Crippen LogP contribution in [-0.4, -0.2) is 0 Å². The molecule has 0 amide bonds. The van der Waals surface area contributed by atoms with Gasteiger partial charge in [-0.25, -0.2) is 0 Å². The van der Waals surface area contributed by atoms with Gasteiger partial charge in [-0.2, -0.15) is 0 Å². The third-order valence-corrected chi connectivity index (χ3v) is 8.22. The molecule has 0 atom stereocenters. The third kappa shape index (κ3) is 4.09. The Bertz CT molecular complexity index is 3140. The normalized spacial score (nSPS) is 15.6. The first-order valence-corrected chi connectivity index (χ1v) is 14.4. The quantitative estimate of drug-likeness (QED) is 0.187. The largest absolute Gasteiger partial charge is 0.455 e. The van der Waals surface area contributed by atoms with E-state index < -0.39 is 84.1 Å². The van der Waals surface area contributed by atoms with Crippen molar-refractivity contribution in [1.82, 2.24) is 0 Å². The molecule has 0 aliphatic rings. The first kappa shape index (κ1) is 15.7. The summed E-state index contributed by atoms with van der Waals surface area (Å²) >= 11 is 0. The second kappa shape index (κ2) is 10.4. The van der Waals surface area contributed by atoms with Crippen LogP contribution in [0.4, 0.5) is 0 Å². The van der Waals surface area contributed by atoms with Gasteiger partial charge in [-0.1, -0.05) is 163 Å². The van der Waals surface area contributed by atoms with E-state index in [4.69, 9.17) is 19.5 Å². The van der Waals surface area contributed by atoms with Crippen LogP contribution in [0, 0.1) is 0 Å². The summed E-state index contributed by atoms with van der Waals surface area (Å²) in [5.74, 6) is 0. The maximum Gasteiger partial charge on any atom is 0.143 e. The maximum absolute atomic E-state index is 9.21. The van der Waals surface area contributed by atoms with Crippen LogP contribution in [0.25, 0.3) is 88.0 Å². The molecule has 0 bridgehead atoms. The minimum Gasteiger partial charge on any atom is -0.455 e. The molecule has 0 unspecified atom stereocenters. The highest BCUT2D eigenvalue weighted by Gasteiger charge is 2.18. The standard InChI is InChI=1S/C44H28O/c1-3-13-29(14-4-1)34-22-11-23-39-43-33(21-12-24-40(43)45-44(34)39)30-25-27-32(28-26-30)42-37-19-9-7-17-35(37)41(31-15-5-2-6-16-31)36-18-8-10-20-38(36)42/h1-28H/i2D,5D,6D,7D,8D,9D,10D,15D,16D,17D,18D,19D,20D. The van der Waals surface area contributed by atoms with Gasteiger partial charge in [0.2, 0.25) is 0 Å². The summed E-state index contributed by atoms with van der Waals surface area (Å²) < 4.78 is 121. The van der Waals surface area contributed by atoms with Gasteiger partial charge in [0.25, 0.3) is 0 Å². The number of hydrogen-bond acceptors (Lipinski definition) is 1. The van der Waals surface area contributed by atoms with Gasteiger partial charge in [-0.3, -0.25) is 0 Å². The molecule has 45 heavy (non-hydrogen) atoms. The number of benzene rings is 8. The van der Waals surface area contributed by atoms with Crippen molar-refractivity contribution in [3.63, 3.8) is 0 Å². The van der Waals surface area contributed by atoms with Crippen molar-refractivity contribution >= 4 is 43.5 Å². The van der Waals surface area contributed by atoms with E-state index in [-0.39, 0.29) is 32.7 Å². The highest BCUT2D eigenvalue weighted by molar-refractivity contribution is 6.21. The molecule has 9 aromatic rings. The molecular weight excluding hydrogens is 544 g/mol. The van der Waals surface area contributed by atoms with E-state index in [2.05, 4.69) is 0 Å². The Morgan fingerprint density at radius 1 is 0.378 bits per heavy atom. The van der Waals surface area contributed by atoms with E-state index in [0.29, 0.717) is 11.1 Å². The first-order valence-electron chi connectivity index (χ1n) is 20.9. The van der Waals surface area contributed by atoms with E-state index in [1.807, 2.05) is 78.9 Å². The van der Waals surface area contributed by atoms with Crippen molar-refractivity contribution in [2.45, 2.75) is 0 Å². The van der Waals surface area contributed by atoms with Gasteiger partial charge in [0, 0.05) is 16.3 Å². The lowest BCUT2D eigenvalue weighted by Crippen LogP contribution is -1.90. The highest BCUT2D eigenvalue weighted by atomic mass is 16.3. The molecule has 0 N–H and O–H groups in total. The zero-order valence-electron chi connectivity index (χ0n) is 36.6. The Hall–Kier alpha value is -5.92. The molecular formula is C44H28O.